The summed E-state index contributed by atoms with van der Waals surface area (Å²) in [6.07, 6.45) is 2.80. The minimum atomic E-state index is -0.814. The van der Waals surface area contributed by atoms with Crippen LogP contribution in [-0.2, 0) is 22.7 Å². The van der Waals surface area contributed by atoms with E-state index in [0.717, 1.165) is 4.90 Å². The van der Waals surface area contributed by atoms with Crippen molar-refractivity contribution in [2.75, 3.05) is 0 Å². The molecule has 2 aromatic carbocycles. The lowest BCUT2D eigenvalue weighted by molar-refractivity contribution is -0.130. The molecule has 0 atom stereocenters. The lowest BCUT2D eigenvalue weighted by Crippen LogP contribution is -2.53. The van der Waals surface area contributed by atoms with Gasteiger partial charge < -0.3 is 9.15 Å². The van der Waals surface area contributed by atoms with E-state index in [-0.39, 0.29) is 24.5 Å². The average Bonchev–Trinajstić information content (AvgIpc) is 3.27. The standard InChI is InChI=1S/C23H17FN2O5/c24-20-9-2-1-6-16(20)14-31-17-7-3-5-15(11-17)12-19-21(27)25-23(29)26(22(19)28)13-18-8-4-10-30-18/h1-12H,13-14H2,(H,25,27,29)/b19-12+. The zero-order chi connectivity index (χ0) is 21.8. The van der Waals surface area contributed by atoms with Gasteiger partial charge in [0.05, 0.1) is 12.8 Å². The maximum absolute atomic E-state index is 13.8. The van der Waals surface area contributed by atoms with Gasteiger partial charge in [0.1, 0.15) is 29.5 Å². The topological polar surface area (TPSA) is 88.9 Å². The van der Waals surface area contributed by atoms with Crippen molar-refractivity contribution >= 4 is 23.9 Å². The minimum Gasteiger partial charge on any atom is -0.489 e. The third kappa shape index (κ3) is 4.53. The van der Waals surface area contributed by atoms with Crippen molar-refractivity contribution in [1.82, 2.24) is 10.2 Å². The van der Waals surface area contributed by atoms with Crippen LogP contribution in [0, 0.1) is 5.82 Å². The van der Waals surface area contributed by atoms with E-state index >= 15 is 0 Å². The minimum absolute atomic E-state index is 0.0253. The van der Waals surface area contributed by atoms with Crippen LogP contribution >= 0.6 is 0 Å². The number of urea groups is 1. The summed E-state index contributed by atoms with van der Waals surface area (Å²) in [4.78, 5) is 38.0. The van der Waals surface area contributed by atoms with Crippen molar-refractivity contribution in [3.63, 3.8) is 0 Å². The normalized spacial score (nSPS) is 15.3. The van der Waals surface area contributed by atoms with Crippen LogP contribution in [-0.4, -0.2) is 22.7 Å². The molecular weight excluding hydrogens is 403 g/mol. The number of imide groups is 2. The molecule has 3 aromatic rings. The second-order valence-electron chi connectivity index (χ2n) is 6.74. The molecule has 1 aliphatic rings. The van der Waals surface area contributed by atoms with Crippen LogP contribution in [0.4, 0.5) is 9.18 Å². The Balaban J connectivity index is 1.53. The molecule has 1 aromatic heterocycles. The Hall–Kier alpha value is -4.20. The molecule has 1 N–H and O–H groups in total. The second-order valence-corrected chi connectivity index (χ2v) is 6.74. The van der Waals surface area contributed by atoms with Crippen molar-refractivity contribution < 1.29 is 27.9 Å². The highest BCUT2D eigenvalue weighted by molar-refractivity contribution is 6.30. The number of ether oxygens (including phenoxy) is 1. The zero-order valence-corrected chi connectivity index (χ0v) is 16.2. The molecular formula is C23H17FN2O5. The predicted octanol–water partition coefficient (Wildman–Crippen LogP) is 3.66. The summed E-state index contributed by atoms with van der Waals surface area (Å²) in [6, 6.07) is 15.4. The van der Waals surface area contributed by atoms with Crippen LogP contribution in [0.2, 0.25) is 0 Å². The summed E-state index contributed by atoms with van der Waals surface area (Å²) >= 11 is 0. The molecule has 8 heteroatoms. The number of halogens is 1. The number of nitrogens with zero attached hydrogens (tertiary/aromatic N) is 1. The third-order valence-corrected chi connectivity index (χ3v) is 4.60. The molecule has 0 spiro atoms. The van der Waals surface area contributed by atoms with Gasteiger partial charge >= 0.3 is 6.03 Å². The number of furan rings is 1. The Bertz CT molecular complexity index is 1170. The van der Waals surface area contributed by atoms with Gasteiger partial charge in [-0.3, -0.25) is 19.8 Å². The van der Waals surface area contributed by atoms with Crippen LogP contribution in [0.5, 0.6) is 5.75 Å². The monoisotopic (exact) mass is 420 g/mol. The third-order valence-electron chi connectivity index (χ3n) is 4.60. The molecule has 2 heterocycles. The lowest BCUT2D eigenvalue weighted by atomic mass is 10.1. The lowest BCUT2D eigenvalue weighted by Gasteiger charge is -2.25. The maximum atomic E-state index is 13.8. The highest BCUT2D eigenvalue weighted by atomic mass is 19.1. The molecule has 0 unspecified atom stereocenters. The Morgan fingerprint density at radius 1 is 1.03 bits per heavy atom. The highest BCUT2D eigenvalue weighted by Crippen LogP contribution is 2.21. The molecule has 1 saturated heterocycles. The number of hydrogen-bond donors (Lipinski definition) is 1. The molecule has 156 valence electrons. The number of benzene rings is 2. The molecule has 4 rings (SSSR count). The second kappa shape index (κ2) is 8.66. The fraction of sp³-hybridized carbons (Fsp3) is 0.0870. The fourth-order valence-electron chi connectivity index (χ4n) is 3.03. The van der Waals surface area contributed by atoms with Gasteiger partial charge in [0.25, 0.3) is 11.8 Å². The Kier molecular flexibility index (Phi) is 5.61. The number of carbonyl (C=O) groups excluding carboxylic acids is 3. The first-order chi connectivity index (χ1) is 15.0. The first kappa shape index (κ1) is 20.1. The van der Waals surface area contributed by atoms with Gasteiger partial charge in [0, 0.05) is 5.56 Å². The smallest absolute Gasteiger partial charge is 0.331 e. The Labute approximate surface area is 176 Å². The van der Waals surface area contributed by atoms with Crippen molar-refractivity contribution in [3.8, 4) is 5.75 Å². The van der Waals surface area contributed by atoms with E-state index < -0.39 is 17.8 Å². The van der Waals surface area contributed by atoms with Crippen molar-refractivity contribution in [2.45, 2.75) is 13.2 Å². The van der Waals surface area contributed by atoms with E-state index in [0.29, 0.717) is 22.6 Å². The number of barbiturate groups is 1. The molecule has 1 fully saturated rings. The van der Waals surface area contributed by atoms with Crippen LogP contribution < -0.4 is 10.1 Å². The van der Waals surface area contributed by atoms with E-state index in [9.17, 15) is 18.8 Å². The Morgan fingerprint density at radius 3 is 2.65 bits per heavy atom. The molecule has 0 saturated carbocycles. The maximum Gasteiger partial charge on any atom is 0.331 e. The SMILES string of the molecule is O=C1NC(=O)N(Cc2ccco2)C(=O)/C1=C/c1cccc(OCc2ccccc2F)c1. The first-order valence-electron chi connectivity index (χ1n) is 9.39. The first-order valence-corrected chi connectivity index (χ1v) is 9.39. The van der Waals surface area contributed by atoms with Gasteiger partial charge in [0.2, 0.25) is 0 Å². The number of nitrogens with one attached hydrogen (secondary N) is 1. The molecule has 0 bridgehead atoms. The molecule has 7 nitrogen and oxygen atoms in total. The molecule has 0 radical (unpaired) electrons. The van der Waals surface area contributed by atoms with Gasteiger partial charge in [0.15, 0.2) is 0 Å². The summed E-state index contributed by atoms with van der Waals surface area (Å²) < 4.78 is 24.6. The average molecular weight is 420 g/mol. The van der Waals surface area contributed by atoms with E-state index in [1.165, 1.54) is 18.4 Å². The van der Waals surface area contributed by atoms with Gasteiger partial charge in [-0.25, -0.2) is 9.18 Å². The van der Waals surface area contributed by atoms with Crippen LogP contribution in [0.25, 0.3) is 6.08 Å². The summed E-state index contributed by atoms with van der Waals surface area (Å²) in [5.41, 5.74) is 0.717. The number of hydrogen-bond acceptors (Lipinski definition) is 5. The number of carbonyl (C=O) groups is 3. The number of rotatable bonds is 6. The van der Waals surface area contributed by atoms with Crippen molar-refractivity contribution in [3.05, 3.63) is 95.2 Å². The van der Waals surface area contributed by atoms with Crippen LogP contribution in [0.15, 0.2) is 76.9 Å². The molecule has 1 aliphatic heterocycles. The summed E-state index contributed by atoms with van der Waals surface area (Å²) in [5.74, 6) is -1.05. The summed E-state index contributed by atoms with van der Waals surface area (Å²) in [7, 11) is 0. The molecule has 0 aliphatic carbocycles. The van der Waals surface area contributed by atoms with E-state index in [1.54, 1.807) is 54.6 Å². The highest BCUT2D eigenvalue weighted by Gasteiger charge is 2.36. The van der Waals surface area contributed by atoms with Crippen LogP contribution in [0.1, 0.15) is 16.9 Å². The van der Waals surface area contributed by atoms with Gasteiger partial charge in [-0.2, -0.15) is 0 Å². The van der Waals surface area contributed by atoms with Crippen molar-refractivity contribution in [1.29, 1.82) is 0 Å². The van der Waals surface area contributed by atoms with E-state index in [1.807, 2.05) is 0 Å². The van der Waals surface area contributed by atoms with E-state index in [2.05, 4.69) is 5.32 Å². The fourth-order valence-corrected chi connectivity index (χ4v) is 3.03. The quantitative estimate of drug-likeness (QED) is 0.486. The van der Waals surface area contributed by atoms with Gasteiger partial charge in [-0.15, -0.1) is 0 Å². The van der Waals surface area contributed by atoms with Crippen LogP contribution in [0.3, 0.4) is 0 Å². The summed E-state index contributed by atoms with van der Waals surface area (Å²) in [6.45, 7) is -0.0778. The zero-order valence-electron chi connectivity index (χ0n) is 16.2. The van der Waals surface area contributed by atoms with Gasteiger partial charge in [-0.05, 0) is 42.0 Å². The van der Waals surface area contributed by atoms with Gasteiger partial charge in [-0.1, -0.05) is 30.3 Å². The van der Waals surface area contributed by atoms with Crippen molar-refractivity contribution in [2.24, 2.45) is 0 Å². The van der Waals surface area contributed by atoms with E-state index in [4.69, 9.17) is 9.15 Å². The summed E-state index contributed by atoms with van der Waals surface area (Å²) in [5, 5.41) is 2.15. The molecule has 4 amide bonds. The Morgan fingerprint density at radius 2 is 1.87 bits per heavy atom. The largest absolute Gasteiger partial charge is 0.489 e. The molecule has 31 heavy (non-hydrogen) atoms. The predicted molar refractivity (Wildman–Crippen MR) is 108 cm³/mol. The number of amides is 4.